The summed E-state index contributed by atoms with van der Waals surface area (Å²) < 4.78 is 22.6. The largest absolute Gasteiger partial charge is 0.481 e. The van der Waals surface area contributed by atoms with E-state index in [2.05, 4.69) is 0 Å². The lowest BCUT2D eigenvalue weighted by Crippen LogP contribution is -2.68. The molecule has 0 atom stereocenters. The topological polar surface area (TPSA) is 71.4 Å². The maximum absolute atomic E-state index is 11.3. The first-order valence-electron chi connectivity index (χ1n) is 5.81. The van der Waals surface area contributed by atoms with E-state index in [0.29, 0.717) is 17.4 Å². The highest BCUT2D eigenvalue weighted by atomic mass is 32.2. The molecule has 3 saturated carbocycles. The minimum atomic E-state index is -2.79. The molecule has 4 fully saturated rings. The Morgan fingerprint density at radius 2 is 1.62 bits per heavy atom. The van der Waals surface area contributed by atoms with Gasteiger partial charge in [0.25, 0.3) is 0 Å². The molecule has 1 saturated heterocycles. The maximum atomic E-state index is 11.3. The van der Waals surface area contributed by atoms with Gasteiger partial charge in [0.15, 0.2) is 0 Å². The third-order valence-corrected chi connectivity index (χ3v) is 6.66. The summed E-state index contributed by atoms with van der Waals surface area (Å²) in [6.07, 6.45) is 3.87. The summed E-state index contributed by atoms with van der Waals surface area (Å²) in [5, 5.41) is 9.03. The van der Waals surface area contributed by atoms with Gasteiger partial charge in [-0.25, -0.2) is 8.42 Å². The molecule has 90 valence electrons. The third kappa shape index (κ3) is 1.21. The van der Waals surface area contributed by atoms with Crippen LogP contribution >= 0.6 is 0 Å². The van der Waals surface area contributed by atoms with Crippen LogP contribution in [0.5, 0.6) is 0 Å². The number of carbonyl (C=O) groups is 1. The predicted molar refractivity (Wildman–Crippen MR) is 57.7 cm³/mol. The first-order chi connectivity index (χ1) is 7.38. The van der Waals surface area contributed by atoms with Gasteiger partial charge in [0.2, 0.25) is 0 Å². The molecule has 0 aromatic rings. The lowest BCUT2D eigenvalue weighted by atomic mass is 9.31. The Balaban J connectivity index is 1.65. The smallest absolute Gasteiger partial charge is 0.309 e. The molecular weight excluding hydrogens is 228 g/mol. The molecular formula is C11H16O4S. The molecule has 4 nitrogen and oxygen atoms in total. The molecule has 2 bridgehead atoms. The van der Waals surface area contributed by atoms with Crippen LogP contribution in [0.3, 0.4) is 0 Å². The summed E-state index contributed by atoms with van der Waals surface area (Å²) in [7, 11) is -2.79. The van der Waals surface area contributed by atoms with Gasteiger partial charge < -0.3 is 5.11 Å². The van der Waals surface area contributed by atoms with E-state index in [1.807, 2.05) is 0 Å². The van der Waals surface area contributed by atoms with Crippen LogP contribution in [0.2, 0.25) is 0 Å². The fourth-order valence-corrected chi connectivity index (χ4v) is 5.52. The summed E-state index contributed by atoms with van der Waals surface area (Å²) in [6, 6.07) is 0. The lowest BCUT2D eigenvalue weighted by Gasteiger charge is -2.71. The summed E-state index contributed by atoms with van der Waals surface area (Å²) in [4.78, 5) is 11.0. The van der Waals surface area contributed by atoms with Crippen molar-refractivity contribution in [2.45, 2.75) is 32.1 Å². The van der Waals surface area contributed by atoms with Crippen molar-refractivity contribution in [1.29, 1.82) is 0 Å². The van der Waals surface area contributed by atoms with Gasteiger partial charge in [-0.1, -0.05) is 0 Å². The quantitative estimate of drug-likeness (QED) is 0.788. The minimum Gasteiger partial charge on any atom is -0.481 e. The van der Waals surface area contributed by atoms with Crippen molar-refractivity contribution in [3.05, 3.63) is 0 Å². The van der Waals surface area contributed by atoms with Crippen LogP contribution in [0.15, 0.2) is 0 Å². The van der Waals surface area contributed by atoms with E-state index in [4.69, 9.17) is 5.11 Å². The highest BCUT2D eigenvalue weighted by molar-refractivity contribution is 7.91. The minimum absolute atomic E-state index is 0.203. The molecule has 0 spiro atoms. The van der Waals surface area contributed by atoms with Gasteiger partial charge in [-0.15, -0.1) is 0 Å². The second kappa shape index (κ2) is 2.81. The SMILES string of the molecule is O=C(O)C12CC(C3CCS(=O)(=O)CC3)(C1)C2. The fourth-order valence-electron chi connectivity index (χ4n) is 4.03. The molecule has 0 aromatic carbocycles. The molecule has 4 rings (SSSR count). The Morgan fingerprint density at radius 1 is 1.12 bits per heavy atom. The molecule has 5 heteroatoms. The zero-order valence-corrected chi connectivity index (χ0v) is 9.92. The second-order valence-corrected chi connectivity index (χ2v) is 8.21. The molecule has 1 aliphatic heterocycles. The number of rotatable bonds is 2. The van der Waals surface area contributed by atoms with Gasteiger partial charge in [-0.3, -0.25) is 4.79 Å². The monoisotopic (exact) mass is 244 g/mol. The zero-order valence-electron chi connectivity index (χ0n) is 9.11. The standard InChI is InChI=1S/C11H16O4S/c12-9(13)11-5-10(6-11,7-11)8-1-3-16(14,15)4-2-8/h8H,1-7H2,(H,12,13). The van der Waals surface area contributed by atoms with Gasteiger partial charge in [-0.2, -0.15) is 0 Å². The predicted octanol–water partition coefficient (Wildman–Crippen LogP) is 1.07. The summed E-state index contributed by atoms with van der Waals surface area (Å²) in [5.41, 5.74) is -0.218. The maximum Gasteiger partial charge on any atom is 0.309 e. The number of aliphatic carboxylic acids is 1. The average molecular weight is 244 g/mol. The Hall–Kier alpha value is -0.580. The molecule has 1 heterocycles. The Bertz CT molecular complexity index is 417. The zero-order chi connectivity index (χ0) is 11.6. The van der Waals surface area contributed by atoms with Crippen LogP contribution < -0.4 is 0 Å². The van der Waals surface area contributed by atoms with Crippen molar-refractivity contribution in [2.75, 3.05) is 11.5 Å². The van der Waals surface area contributed by atoms with E-state index < -0.39 is 21.2 Å². The van der Waals surface area contributed by atoms with Crippen LogP contribution in [-0.2, 0) is 14.6 Å². The summed E-state index contributed by atoms with van der Waals surface area (Å²) in [6.45, 7) is 0. The average Bonchev–Trinajstić information content (AvgIpc) is 2.02. The van der Waals surface area contributed by atoms with Crippen molar-refractivity contribution in [1.82, 2.24) is 0 Å². The highest BCUT2D eigenvalue weighted by Crippen LogP contribution is 2.77. The lowest BCUT2D eigenvalue weighted by molar-refractivity contribution is -0.243. The molecule has 0 radical (unpaired) electrons. The first-order valence-corrected chi connectivity index (χ1v) is 7.64. The molecule has 3 aliphatic carbocycles. The van der Waals surface area contributed by atoms with Crippen LogP contribution in [0, 0.1) is 16.7 Å². The normalized spacial score (nSPS) is 45.5. The van der Waals surface area contributed by atoms with E-state index in [1.54, 1.807) is 0 Å². The van der Waals surface area contributed by atoms with Crippen LogP contribution in [-0.4, -0.2) is 31.0 Å². The van der Waals surface area contributed by atoms with Crippen molar-refractivity contribution in [2.24, 2.45) is 16.7 Å². The van der Waals surface area contributed by atoms with E-state index in [1.165, 1.54) is 0 Å². The Kier molecular flexibility index (Phi) is 1.85. The summed E-state index contributed by atoms with van der Waals surface area (Å²) in [5.74, 6) is 0.411. The number of carboxylic acid groups (broad SMARTS) is 1. The van der Waals surface area contributed by atoms with Gasteiger partial charge in [0.05, 0.1) is 16.9 Å². The third-order valence-electron chi connectivity index (χ3n) is 4.95. The van der Waals surface area contributed by atoms with E-state index in [9.17, 15) is 13.2 Å². The molecule has 16 heavy (non-hydrogen) atoms. The van der Waals surface area contributed by atoms with Crippen LogP contribution in [0.25, 0.3) is 0 Å². The Labute approximate surface area is 95.0 Å². The molecule has 1 N–H and O–H groups in total. The Morgan fingerprint density at radius 3 is 2.06 bits per heavy atom. The van der Waals surface area contributed by atoms with Crippen LogP contribution in [0.1, 0.15) is 32.1 Å². The van der Waals surface area contributed by atoms with Crippen molar-refractivity contribution < 1.29 is 18.3 Å². The van der Waals surface area contributed by atoms with Gasteiger partial charge >= 0.3 is 5.97 Å². The van der Waals surface area contributed by atoms with Crippen molar-refractivity contribution in [3.63, 3.8) is 0 Å². The van der Waals surface area contributed by atoms with E-state index in [-0.39, 0.29) is 5.41 Å². The molecule has 0 unspecified atom stereocenters. The van der Waals surface area contributed by atoms with Crippen molar-refractivity contribution in [3.8, 4) is 0 Å². The fraction of sp³-hybridized carbons (Fsp3) is 0.909. The first kappa shape index (κ1) is 10.6. The molecule has 0 amide bonds. The molecule has 0 aromatic heterocycles. The second-order valence-electron chi connectivity index (χ2n) is 5.90. The van der Waals surface area contributed by atoms with Gasteiger partial charge in [0, 0.05) is 0 Å². The molecule has 4 aliphatic rings. The van der Waals surface area contributed by atoms with Gasteiger partial charge in [0.1, 0.15) is 9.84 Å². The van der Waals surface area contributed by atoms with Crippen LogP contribution in [0.4, 0.5) is 0 Å². The number of carboxylic acids is 1. The summed E-state index contributed by atoms with van der Waals surface area (Å²) >= 11 is 0. The van der Waals surface area contributed by atoms with Crippen molar-refractivity contribution >= 4 is 15.8 Å². The number of hydrogen-bond donors (Lipinski definition) is 1. The number of hydrogen-bond acceptors (Lipinski definition) is 3. The highest BCUT2D eigenvalue weighted by Gasteiger charge is 2.73. The van der Waals surface area contributed by atoms with Gasteiger partial charge in [-0.05, 0) is 43.4 Å². The van der Waals surface area contributed by atoms with E-state index in [0.717, 1.165) is 32.1 Å². The van der Waals surface area contributed by atoms with E-state index >= 15 is 0 Å². The number of sulfone groups is 1.